The summed E-state index contributed by atoms with van der Waals surface area (Å²) < 4.78 is 0. The van der Waals surface area contributed by atoms with E-state index in [9.17, 15) is 0 Å². The summed E-state index contributed by atoms with van der Waals surface area (Å²) in [5, 5.41) is 6.04. The zero-order valence-corrected chi connectivity index (χ0v) is 16.8. The second-order valence-electron chi connectivity index (χ2n) is 7.73. The number of rotatable bonds is 4. The first-order chi connectivity index (χ1) is 9.68. The van der Waals surface area contributed by atoms with Crippen molar-refractivity contribution in [1.29, 1.82) is 0 Å². The molecule has 0 N–H and O–H groups in total. The third-order valence-corrected chi connectivity index (χ3v) is 7.32. The summed E-state index contributed by atoms with van der Waals surface area (Å²) in [6.45, 7) is 14.5. The molecule has 0 saturated carbocycles. The van der Waals surface area contributed by atoms with Crippen molar-refractivity contribution in [3.05, 3.63) is 57.9 Å². The maximum Gasteiger partial charge on any atom is 0.0784 e. The summed E-state index contributed by atoms with van der Waals surface area (Å²) in [7, 11) is -2.63. The van der Waals surface area contributed by atoms with Gasteiger partial charge in [0.05, 0.1) is 16.1 Å². The van der Waals surface area contributed by atoms with Crippen molar-refractivity contribution in [2.24, 2.45) is 0 Å². The van der Waals surface area contributed by atoms with Crippen LogP contribution in [0.1, 0.15) is 11.1 Å². The first-order valence-corrected chi connectivity index (χ1v) is 15.6. The molecule has 1 aromatic carbocycles. The van der Waals surface area contributed by atoms with Crippen molar-refractivity contribution in [1.82, 2.24) is 0 Å². The van der Waals surface area contributed by atoms with Crippen molar-refractivity contribution < 1.29 is 0 Å². The van der Waals surface area contributed by atoms with Crippen LogP contribution in [0.2, 0.25) is 39.3 Å². The van der Waals surface area contributed by atoms with Gasteiger partial charge in [0.25, 0.3) is 0 Å². The Balaban J connectivity index is 2.67. The fourth-order valence-electron chi connectivity index (χ4n) is 2.54. The minimum absolute atomic E-state index is 1.28. The number of thiophene rings is 1. The summed E-state index contributed by atoms with van der Waals surface area (Å²) >= 11 is 1.79. The summed E-state index contributed by atoms with van der Waals surface area (Å²) in [6, 6.07) is 11.3. The third-order valence-electron chi connectivity index (χ3n) is 3.43. The molecule has 0 amide bonds. The summed E-state index contributed by atoms with van der Waals surface area (Å²) in [4.78, 5) is 0. The average Bonchev–Trinajstić information content (AvgIpc) is 2.87. The van der Waals surface area contributed by atoms with Gasteiger partial charge in [-0.15, -0.1) is 0 Å². The molecule has 112 valence electrons. The van der Waals surface area contributed by atoms with Crippen LogP contribution in [0.25, 0.3) is 5.57 Å². The molecule has 1 aromatic heterocycles. The first-order valence-electron chi connectivity index (χ1n) is 7.54. The molecule has 0 aliphatic heterocycles. The van der Waals surface area contributed by atoms with E-state index in [-0.39, 0.29) is 0 Å². The molecule has 0 radical (unpaired) electrons. The van der Waals surface area contributed by atoms with E-state index in [2.05, 4.69) is 86.1 Å². The van der Waals surface area contributed by atoms with Gasteiger partial charge in [0.1, 0.15) is 0 Å². The Morgan fingerprint density at radius 1 is 0.952 bits per heavy atom. The standard InChI is InChI=1S/C18H26SSi2/c1-20(2,3)14-17(15-11-12-19-13-15)16-9-7-8-10-18(16)21(4,5)6/h7-14H,1-6H3/b17-14+. The lowest BCUT2D eigenvalue weighted by Crippen LogP contribution is -2.40. The minimum Gasteiger partial charge on any atom is -0.152 e. The fraction of sp³-hybridized carbons (Fsp3) is 0.333. The Hall–Kier alpha value is -0.906. The predicted octanol–water partition coefficient (Wildman–Crippen LogP) is 5.60. The summed E-state index contributed by atoms with van der Waals surface area (Å²) in [6.07, 6.45) is 0. The van der Waals surface area contributed by atoms with Crippen molar-refractivity contribution in [2.45, 2.75) is 39.3 Å². The molecule has 0 unspecified atom stereocenters. The van der Waals surface area contributed by atoms with Crippen LogP contribution in [-0.2, 0) is 0 Å². The Bertz CT molecular complexity index is 626. The zero-order chi connectivity index (χ0) is 15.7. The summed E-state index contributed by atoms with van der Waals surface area (Å²) in [5.41, 5.74) is 6.85. The fourth-order valence-corrected chi connectivity index (χ4v) is 6.01. The van der Waals surface area contributed by atoms with Crippen LogP contribution in [0.15, 0.2) is 46.8 Å². The maximum absolute atomic E-state index is 2.56. The Labute approximate surface area is 135 Å². The molecular weight excluding hydrogens is 304 g/mol. The highest BCUT2D eigenvalue weighted by Crippen LogP contribution is 2.28. The van der Waals surface area contributed by atoms with E-state index in [1.807, 2.05) is 0 Å². The smallest absolute Gasteiger partial charge is 0.0784 e. The Kier molecular flexibility index (Phi) is 4.76. The molecule has 0 fully saturated rings. The van der Waals surface area contributed by atoms with Gasteiger partial charge in [0.15, 0.2) is 0 Å². The van der Waals surface area contributed by atoms with Crippen LogP contribution in [0.5, 0.6) is 0 Å². The molecule has 0 saturated heterocycles. The molecule has 0 aliphatic rings. The van der Waals surface area contributed by atoms with Crippen LogP contribution >= 0.6 is 11.3 Å². The van der Waals surface area contributed by atoms with Gasteiger partial charge in [0.2, 0.25) is 0 Å². The highest BCUT2D eigenvalue weighted by Gasteiger charge is 2.23. The number of benzene rings is 1. The molecule has 0 bridgehead atoms. The van der Waals surface area contributed by atoms with E-state index >= 15 is 0 Å². The SMILES string of the molecule is C[Si](C)(C)/C=C(\c1ccsc1)c1ccccc1[Si](C)(C)C. The van der Waals surface area contributed by atoms with Crippen molar-refractivity contribution in [3.8, 4) is 0 Å². The average molecular weight is 331 g/mol. The highest BCUT2D eigenvalue weighted by molar-refractivity contribution is 7.08. The topological polar surface area (TPSA) is 0 Å². The number of hydrogen-bond acceptors (Lipinski definition) is 1. The summed E-state index contributed by atoms with van der Waals surface area (Å²) in [5.74, 6) is 0. The molecule has 21 heavy (non-hydrogen) atoms. The second-order valence-corrected chi connectivity index (χ2v) is 18.6. The van der Waals surface area contributed by atoms with Crippen molar-refractivity contribution in [3.63, 3.8) is 0 Å². The molecule has 0 nitrogen and oxygen atoms in total. The lowest BCUT2D eigenvalue weighted by atomic mass is 10.0. The molecular formula is C18H26SSi2. The van der Waals surface area contributed by atoms with E-state index in [0.29, 0.717) is 0 Å². The molecule has 3 heteroatoms. The molecule has 0 aliphatic carbocycles. The van der Waals surface area contributed by atoms with E-state index in [1.54, 1.807) is 16.5 Å². The molecule has 0 spiro atoms. The van der Waals surface area contributed by atoms with Gasteiger partial charge >= 0.3 is 0 Å². The normalized spacial score (nSPS) is 13.5. The maximum atomic E-state index is 2.56. The van der Waals surface area contributed by atoms with Crippen LogP contribution in [0.3, 0.4) is 0 Å². The van der Waals surface area contributed by atoms with Gasteiger partial charge in [-0.1, -0.05) is 74.4 Å². The van der Waals surface area contributed by atoms with Crippen molar-refractivity contribution in [2.75, 3.05) is 0 Å². The minimum atomic E-state index is -1.35. The second kappa shape index (κ2) is 6.07. The largest absolute Gasteiger partial charge is 0.152 e. The van der Waals surface area contributed by atoms with Crippen molar-refractivity contribution >= 4 is 38.2 Å². The molecule has 0 atom stereocenters. The van der Waals surface area contributed by atoms with Crippen LogP contribution in [0, 0.1) is 0 Å². The quantitative estimate of drug-likeness (QED) is 0.640. The van der Waals surface area contributed by atoms with Crippen LogP contribution in [0.4, 0.5) is 0 Å². The Morgan fingerprint density at radius 3 is 2.14 bits per heavy atom. The first kappa shape index (κ1) is 16.5. The lowest BCUT2D eigenvalue weighted by molar-refractivity contribution is 1.59. The van der Waals surface area contributed by atoms with Gasteiger partial charge in [0, 0.05) is 0 Å². The van der Waals surface area contributed by atoms with E-state index < -0.39 is 16.1 Å². The van der Waals surface area contributed by atoms with E-state index in [1.165, 1.54) is 16.7 Å². The van der Waals surface area contributed by atoms with E-state index in [4.69, 9.17) is 0 Å². The third kappa shape index (κ3) is 4.28. The zero-order valence-electron chi connectivity index (χ0n) is 14.0. The molecule has 2 rings (SSSR count). The molecule has 2 aromatic rings. The lowest BCUT2D eigenvalue weighted by Gasteiger charge is -2.24. The predicted molar refractivity (Wildman–Crippen MR) is 104 cm³/mol. The Morgan fingerprint density at radius 2 is 1.62 bits per heavy atom. The van der Waals surface area contributed by atoms with Gasteiger partial charge in [-0.2, -0.15) is 11.3 Å². The van der Waals surface area contributed by atoms with Crippen LogP contribution in [-0.4, -0.2) is 16.1 Å². The highest BCUT2D eigenvalue weighted by atomic mass is 32.1. The van der Waals surface area contributed by atoms with E-state index in [0.717, 1.165) is 0 Å². The van der Waals surface area contributed by atoms with Gasteiger partial charge < -0.3 is 0 Å². The van der Waals surface area contributed by atoms with Crippen LogP contribution < -0.4 is 5.19 Å². The van der Waals surface area contributed by atoms with Gasteiger partial charge in [-0.05, 0) is 33.5 Å². The molecule has 1 heterocycles. The number of hydrogen-bond donors (Lipinski definition) is 0. The van der Waals surface area contributed by atoms with Gasteiger partial charge in [-0.25, -0.2) is 0 Å². The monoisotopic (exact) mass is 330 g/mol. The van der Waals surface area contributed by atoms with Gasteiger partial charge in [-0.3, -0.25) is 0 Å².